The summed E-state index contributed by atoms with van der Waals surface area (Å²) in [5.74, 6) is 3.02. The first kappa shape index (κ1) is 24.7. The summed E-state index contributed by atoms with van der Waals surface area (Å²) in [7, 11) is 3.29. The number of carbonyl (C=O) groups excluding carboxylic acids is 1. The molecule has 2 amide bonds. The molecule has 194 valence electrons. The van der Waals surface area contributed by atoms with Gasteiger partial charge < -0.3 is 29.6 Å². The van der Waals surface area contributed by atoms with Gasteiger partial charge in [-0.05, 0) is 65.9 Å². The van der Waals surface area contributed by atoms with Gasteiger partial charge in [0.1, 0.15) is 13.2 Å². The van der Waals surface area contributed by atoms with E-state index in [9.17, 15) is 4.79 Å². The number of hydrogen-bond acceptors (Lipinski definition) is 7. The standard InChI is InChI=1S/C28H32N4O5/c1-34-24-4-3-19(16-25(24)35-2)15-23-22-18-27-26(36-13-14-37-27)17-20(22)7-11-32(23)12-10-30-28(33)31-21-5-8-29-9-6-21/h3-6,8-9,16-18,23H,7,10-15H2,1-2H3,(H2,29,30,31,33). The molecule has 0 spiro atoms. The molecule has 0 saturated heterocycles. The Morgan fingerprint density at radius 3 is 2.54 bits per heavy atom. The number of fused-ring (bicyclic) bond motifs is 2. The van der Waals surface area contributed by atoms with Crippen LogP contribution >= 0.6 is 0 Å². The molecule has 3 aromatic rings. The Morgan fingerprint density at radius 1 is 1.03 bits per heavy atom. The van der Waals surface area contributed by atoms with Crippen LogP contribution in [0.1, 0.15) is 22.7 Å². The van der Waals surface area contributed by atoms with E-state index in [2.05, 4.69) is 38.7 Å². The molecule has 0 fully saturated rings. The minimum absolute atomic E-state index is 0.0998. The molecule has 37 heavy (non-hydrogen) atoms. The van der Waals surface area contributed by atoms with Crippen LogP contribution in [-0.2, 0) is 12.8 Å². The number of aromatic nitrogens is 1. The number of carbonyl (C=O) groups is 1. The van der Waals surface area contributed by atoms with Crippen LogP contribution in [0.25, 0.3) is 0 Å². The van der Waals surface area contributed by atoms with Gasteiger partial charge in [0.25, 0.3) is 0 Å². The molecule has 1 aromatic heterocycles. The fourth-order valence-corrected chi connectivity index (χ4v) is 4.95. The summed E-state index contributed by atoms with van der Waals surface area (Å²) in [6, 6.07) is 13.7. The van der Waals surface area contributed by atoms with Crippen LogP contribution < -0.4 is 29.6 Å². The van der Waals surface area contributed by atoms with Crippen molar-refractivity contribution in [2.24, 2.45) is 0 Å². The van der Waals surface area contributed by atoms with E-state index in [1.165, 1.54) is 11.1 Å². The topological polar surface area (TPSA) is 94.2 Å². The van der Waals surface area contributed by atoms with Crippen LogP contribution in [0.4, 0.5) is 10.5 Å². The number of nitrogens with one attached hydrogen (secondary N) is 2. The number of benzene rings is 2. The lowest BCUT2D eigenvalue weighted by atomic mass is 9.88. The van der Waals surface area contributed by atoms with Crippen LogP contribution in [-0.4, -0.2) is 63.0 Å². The summed E-state index contributed by atoms with van der Waals surface area (Å²) in [4.78, 5) is 18.8. The van der Waals surface area contributed by atoms with Gasteiger partial charge in [-0.3, -0.25) is 9.88 Å². The van der Waals surface area contributed by atoms with E-state index in [1.807, 2.05) is 12.1 Å². The lowest BCUT2D eigenvalue weighted by molar-refractivity contribution is 0.164. The van der Waals surface area contributed by atoms with Gasteiger partial charge in [0.2, 0.25) is 0 Å². The van der Waals surface area contributed by atoms with Crippen molar-refractivity contribution in [3.63, 3.8) is 0 Å². The highest BCUT2D eigenvalue weighted by Crippen LogP contribution is 2.41. The Bertz CT molecular complexity index is 1240. The van der Waals surface area contributed by atoms with Crippen molar-refractivity contribution < 1.29 is 23.7 Å². The van der Waals surface area contributed by atoms with E-state index < -0.39 is 0 Å². The van der Waals surface area contributed by atoms with Crippen molar-refractivity contribution >= 4 is 11.7 Å². The molecule has 3 heterocycles. The molecule has 9 nitrogen and oxygen atoms in total. The summed E-state index contributed by atoms with van der Waals surface area (Å²) >= 11 is 0. The summed E-state index contributed by atoms with van der Waals surface area (Å²) in [6.07, 6.45) is 4.97. The third-order valence-corrected chi connectivity index (χ3v) is 6.77. The zero-order chi connectivity index (χ0) is 25.6. The predicted molar refractivity (Wildman–Crippen MR) is 140 cm³/mol. The normalized spacial score (nSPS) is 16.4. The molecular formula is C28H32N4O5. The fraction of sp³-hybridized carbons (Fsp3) is 0.357. The second-order valence-electron chi connectivity index (χ2n) is 9.01. The molecule has 5 rings (SSSR count). The number of anilines is 1. The maximum atomic E-state index is 12.4. The van der Waals surface area contributed by atoms with Crippen LogP contribution in [0.5, 0.6) is 23.0 Å². The Hall–Kier alpha value is -3.98. The monoisotopic (exact) mass is 504 g/mol. The molecule has 0 saturated carbocycles. The zero-order valence-corrected chi connectivity index (χ0v) is 21.2. The summed E-state index contributed by atoms with van der Waals surface area (Å²) in [5.41, 5.74) is 4.34. The van der Waals surface area contributed by atoms with Gasteiger partial charge in [0, 0.05) is 43.8 Å². The molecule has 2 N–H and O–H groups in total. The maximum Gasteiger partial charge on any atom is 0.319 e. The highest BCUT2D eigenvalue weighted by atomic mass is 16.6. The molecule has 0 aliphatic carbocycles. The molecule has 0 radical (unpaired) electrons. The van der Waals surface area contributed by atoms with Crippen LogP contribution in [0.15, 0.2) is 54.9 Å². The van der Waals surface area contributed by atoms with Gasteiger partial charge in [-0.25, -0.2) is 4.79 Å². The first-order valence-corrected chi connectivity index (χ1v) is 12.5. The highest BCUT2D eigenvalue weighted by Gasteiger charge is 2.30. The summed E-state index contributed by atoms with van der Waals surface area (Å²) < 4.78 is 22.7. The van der Waals surface area contributed by atoms with Gasteiger partial charge in [0.05, 0.1) is 14.2 Å². The van der Waals surface area contributed by atoms with Crippen molar-refractivity contribution in [3.05, 3.63) is 71.5 Å². The number of methoxy groups -OCH3 is 2. The van der Waals surface area contributed by atoms with Crippen molar-refractivity contribution in [1.82, 2.24) is 15.2 Å². The van der Waals surface area contributed by atoms with E-state index in [1.54, 1.807) is 38.7 Å². The molecule has 0 bridgehead atoms. The quantitative estimate of drug-likeness (QED) is 0.482. The van der Waals surface area contributed by atoms with Gasteiger partial charge >= 0.3 is 6.03 Å². The molecule has 2 aliphatic heterocycles. The zero-order valence-electron chi connectivity index (χ0n) is 21.2. The van der Waals surface area contributed by atoms with Gasteiger partial charge in [-0.15, -0.1) is 0 Å². The minimum atomic E-state index is -0.236. The average Bonchev–Trinajstić information content (AvgIpc) is 2.93. The summed E-state index contributed by atoms with van der Waals surface area (Å²) in [6.45, 7) is 3.21. The Balaban J connectivity index is 1.34. The number of pyridine rings is 1. The van der Waals surface area contributed by atoms with Crippen LogP contribution in [0.2, 0.25) is 0 Å². The van der Waals surface area contributed by atoms with E-state index in [0.717, 1.165) is 36.4 Å². The van der Waals surface area contributed by atoms with Gasteiger partial charge in [-0.2, -0.15) is 0 Å². The second-order valence-corrected chi connectivity index (χ2v) is 9.01. The number of nitrogens with zero attached hydrogens (tertiary/aromatic N) is 2. The third kappa shape index (κ3) is 5.72. The van der Waals surface area contributed by atoms with Gasteiger partial charge in [0.15, 0.2) is 23.0 Å². The number of amides is 2. The molecule has 1 atom stereocenters. The fourth-order valence-electron chi connectivity index (χ4n) is 4.95. The molecule has 1 unspecified atom stereocenters. The van der Waals surface area contributed by atoms with Crippen molar-refractivity contribution in [1.29, 1.82) is 0 Å². The van der Waals surface area contributed by atoms with Crippen molar-refractivity contribution in [3.8, 4) is 23.0 Å². The van der Waals surface area contributed by atoms with E-state index in [-0.39, 0.29) is 12.1 Å². The Labute approximate surface area is 216 Å². The van der Waals surface area contributed by atoms with Crippen LogP contribution in [0, 0.1) is 0 Å². The summed E-state index contributed by atoms with van der Waals surface area (Å²) in [5, 5.41) is 5.82. The predicted octanol–water partition coefficient (Wildman–Crippen LogP) is 3.83. The second kappa shape index (κ2) is 11.4. The minimum Gasteiger partial charge on any atom is -0.493 e. The first-order chi connectivity index (χ1) is 18.1. The first-order valence-electron chi connectivity index (χ1n) is 12.5. The Kier molecular flexibility index (Phi) is 7.60. The SMILES string of the molecule is COc1ccc(CC2c3cc4c(cc3CCN2CCNC(=O)Nc2ccncc2)OCCO4)cc1OC. The number of urea groups is 1. The van der Waals surface area contributed by atoms with Gasteiger partial charge in [-0.1, -0.05) is 6.07 Å². The lowest BCUT2D eigenvalue weighted by Crippen LogP contribution is -2.42. The van der Waals surface area contributed by atoms with E-state index in [4.69, 9.17) is 18.9 Å². The van der Waals surface area contributed by atoms with Crippen molar-refractivity contribution in [2.75, 3.05) is 52.4 Å². The smallest absolute Gasteiger partial charge is 0.319 e. The number of rotatable bonds is 8. The number of hydrogen-bond donors (Lipinski definition) is 2. The molecule has 9 heteroatoms. The third-order valence-electron chi connectivity index (χ3n) is 6.77. The highest BCUT2D eigenvalue weighted by molar-refractivity contribution is 5.89. The van der Waals surface area contributed by atoms with E-state index in [0.29, 0.717) is 43.5 Å². The molecule has 2 aromatic carbocycles. The number of ether oxygens (including phenoxy) is 4. The Morgan fingerprint density at radius 2 is 1.78 bits per heavy atom. The van der Waals surface area contributed by atoms with Crippen LogP contribution in [0.3, 0.4) is 0 Å². The average molecular weight is 505 g/mol. The lowest BCUT2D eigenvalue weighted by Gasteiger charge is -2.38. The molecule has 2 aliphatic rings. The molecular weight excluding hydrogens is 472 g/mol. The largest absolute Gasteiger partial charge is 0.493 e. The van der Waals surface area contributed by atoms with E-state index >= 15 is 0 Å². The maximum absolute atomic E-state index is 12.4. The van der Waals surface area contributed by atoms with Crippen molar-refractivity contribution in [2.45, 2.75) is 18.9 Å².